The number of hydrogen-bond acceptors (Lipinski definition) is 6. The molecule has 0 aromatic carbocycles. The summed E-state index contributed by atoms with van der Waals surface area (Å²) in [5.41, 5.74) is 0. The minimum Gasteiger partial charge on any atom is -0.462 e. The third-order valence-corrected chi connectivity index (χ3v) is 15.8. The Morgan fingerprint density at radius 3 is 0.762 bits per heavy atom. The first-order chi connectivity index (χ1) is 39.5. The number of unbranched alkanes of at least 4 members (excludes halogenated alkanes) is 44. The highest BCUT2D eigenvalue weighted by molar-refractivity contribution is 5.71. The first-order valence-electron chi connectivity index (χ1n) is 35.3. The Hall–Kier alpha value is -2.89. The third kappa shape index (κ3) is 65.9. The zero-order valence-corrected chi connectivity index (χ0v) is 53.6. The van der Waals surface area contributed by atoms with Crippen molar-refractivity contribution < 1.29 is 28.6 Å². The molecule has 0 heterocycles. The van der Waals surface area contributed by atoms with E-state index >= 15 is 0 Å². The number of rotatable bonds is 65. The van der Waals surface area contributed by atoms with Gasteiger partial charge in [-0.1, -0.05) is 351 Å². The van der Waals surface area contributed by atoms with Crippen molar-refractivity contribution in [3.63, 3.8) is 0 Å². The smallest absolute Gasteiger partial charge is 0.306 e. The van der Waals surface area contributed by atoms with Gasteiger partial charge >= 0.3 is 17.9 Å². The van der Waals surface area contributed by atoms with Gasteiger partial charge in [0, 0.05) is 19.3 Å². The maximum atomic E-state index is 13.0. The van der Waals surface area contributed by atoms with Gasteiger partial charge < -0.3 is 14.2 Å². The molecule has 0 aromatic heterocycles. The van der Waals surface area contributed by atoms with Crippen molar-refractivity contribution >= 4 is 17.9 Å². The Morgan fingerprint density at radius 2 is 0.487 bits per heavy atom. The second-order valence-corrected chi connectivity index (χ2v) is 23.8. The largest absolute Gasteiger partial charge is 0.462 e. The highest BCUT2D eigenvalue weighted by Gasteiger charge is 2.19. The summed E-state index contributed by atoms with van der Waals surface area (Å²) in [6.45, 7) is 6.59. The molecule has 466 valence electrons. The quantitative estimate of drug-likeness (QED) is 0.0261. The Labute approximate surface area is 498 Å². The van der Waals surface area contributed by atoms with E-state index in [4.69, 9.17) is 14.2 Å². The van der Waals surface area contributed by atoms with E-state index in [9.17, 15) is 14.4 Å². The molecule has 6 heteroatoms. The molecule has 6 nitrogen and oxygen atoms in total. The topological polar surface area (TPSA) is 78.9 Å². The molecular weight excluding hydrogens is 985 g/mol. The summed E-state index contributed by atoms with van der Waals surface area (Å²) in [5, 5.41) is 0. The molecule has 0 aromatic rings. The van der Waals surface area contributed by atoms with Gasteiger partial charge in [0.25, 0.3) is 0 Å². The fourth-order valence-corrected chi connectivity index (χ4v) is 10.5. The van der Waals surface area contributed by atoms with Crippen LogP contribution in [0.2, 0.25) is 0 Å². The van der Waals surface area contributed by atoms with E-state index in [2.05, 4.69) is 81.5 Å². The number of carbonyl (C=O) groups excluding carboxylic acids is 3. The van der Waals surface area contributed by atoms with Crippen LogP contribution in [0.5, 0.6) is 0 Å². The van der Waals surface area contributed by atoms with E-state index in [1.54, 1.807) is 0 Å². The molecule has 1 atom stereocenters. The zero-order valence-electron chi connectivity index (χ0n) is 53.6. The summed E-state index contributed by atoms with van der Waals surface area (Å²) < 4.78 is 17.0. The van der Waals surface area contributed by atoms with Crippen molar-refractivity contribution in [1.29, 1.82) is 0 Å². The van der Waals surface area contributed by atoms with Crippen LogP contribution in [0.15, 0.2) is 60.8 Å². The van der Waals surface area contributed by atoms with Crippen LogP contribution in [0.1, 0.15) is 374 Å². The summed E-state index contributed by atoms with van der Waals surface area (Å²) in [6, 6.07) is 0. The maximum absolute atomic E-state index is 13.0. The molecule has 0 amide bonds. The standard InChI is InChI=1S/C74H134O6/c1-4-7-10-13-16-19-22-25-28-31-33-35-37-39-40-43-46-49-52-55-58-61-64-67-73(76)79-70-71(69-78-72(75)66-63-60-57-54-51-48-45-42-30-27-24-21-18-15-12-9-6-3)80-74(77)68-65-62-59-56-53-50-47-44-41-38-36-34-32-29-26-23-20-17-14-11-8-5-2/h7,10,16,19,25,28,33,35,39-40,71H,4-6,8-9,11-15,17-18,20-24,26-27,29-32,34,36-38,41-70H2,1-3H3/b10-7-,19-16-,28-25-,35-33-,40-39-. The second kappa shape index (κ2) is 68.6. The van der Waals surface area contributed by atoms with Crippen LogP contribution in [0.25, 0.3) is 0 Å². The number of carbonyl (C=O) groups is 3. The SMILES string of the molecule is CC/C=C\C/C=C\C/C=C\C/C=C\C/C=C\CCCCCCCCCC(=O)OCC(COC(=O)CCCCCCCCCCCCCCCCCCC)OC(=O)CCCCCCCCCCCCCCCCCCCCCCCC. The van der Waals surface area contributed by atoms with Crippen molar-refractivity contribution in [1.82, 2.24) is 0 Å². The summed E-state index contributed by atoms with van der Waals surface area (Å²) in [7, 11) is 0. The number of hydrogen-bond donors (Lipinski definition) is 0. The fraction of sp³-hybridized carbons (Fsp3) is 0.824. The van der Waals surface area contributed by atoms with Gasteiger partial charge in [0.1, 0.15) is 13.2 Å². The van der Waals surface area contributed by atoms with E-state index in [-0.39, 0.29) is 31.1 Å². The zero-order chi connectivity index (χ0) is 57.8. The lowest BCUT2D eigenvalue weighted by Gasteiger charge is -2.18. The van der Waals surface area contributed by atoms with Gasteiger partial charge in [-0.2, -0.15) is 0 Å². The maximum Gasteiger partial charge on any atom is 0.306 e. The first-order valence-corrected chi connectivity index (χ1v) is 35.3. The summed E-state index contributed by atoms with van der Waals surface area (Å²) in [4.78, 5) is 38.5. The van der Waals surface area contributed by atoms with E-state index in [0.717, 1.165) is 96.3 Å². The lowest BCUT2D eigenvalue weighted by atomic mass is 10.0. The van der Waals surface area contributed by atoms with Crippen LogP contribution in [-0.2, 0) is 28.6 Å². The molecule has 0 rings (SSSR count). The van der Waals surface area contributed by atoms with E-state index in [1.165, 1.54) is 238 Å². The van der Waals surface area contributed by atoms with Gasteiger partial charge in [0.2, 0.25) is 0 Å². The molecule has 0 aliphatic heterocycles. The minimum atomic E-state index is -0.778. The molecule has 0 saturated carbocycles. The molecule has 0 fully saturated rings. The molecule has 0 spiro atoms. The Kier molecular flexibility index (Phi) is 66.1. The van der Waals surface area contributed by atoms with Crippen LogP contribution in [-0.4, -0.2) is 37.2 Å². The van der Waals surface area contributed by atoms with Crippen LogP contribution in [0.3, 0.4) is 0 Å². The monoisotopic (exact) mass is 1120 g/mol. The first kappa shape index (κ1) is 77.1. The van der Waals surface area contributed by atoms with Crippen molar-refractivity contribution in [2.75, 3.05) is 13.2 Å². The molecule has 0 radical (unpaired) electrons. The van der Waals surface area contributed by atoms with Gasteiger partial charge in [0.15, 0.2) is 6.10 Å². The Bertz CT molecular complexity index is 1430. The fourth-order valence-electron chi connectivity index (χ4n) is 10.5. The lowest BCUT2D eigenvalue weighted by molar-refractivity contribution is -0.167. The molecule has 80 heavy (non-hydrogen) atoms. The number of esters is 3. The van der Waals surface area contributed by atoms with Crippen LogP contribution in [0.4, 0.5) is 0 Å². The molecule has 0 N–H and O–H groups in total. The van der Waals surface area contributed by atoms with Gasteiger partial charge in [-0.15, -0.1) is 0 Å². The molecule has 1 unspecified atom stereocenters. The average molecular weight is 1120 g/mol. The molecule has 0 aliphatic carbocycles. The Balaban J connectivity index is 4.34. The summed E-state index contributed by atoms with van der Waals surface area (Å²) in [6.07, 6.45) is 88.1. The number of ether oxygens (including phenoxy) is 3. The highest BCUT2D eigenvalue weighted by Crippen LogP contribution is 2.18. The predicted molar refractivity (Wildman–Crippen MR) is 348 cm³/mol. The van der Waals surface area contributed by atoms with Gasteiger partial charge in [-0.25, -0.2) is 0 Å². The van der Waals surface area contributed by atoms with E-state index in [1.807, 2.05) is 0 Å². The lowest BCUT2D eigenvalue weighted by Crippen LogP contribution is -2.30. The highest BCUT2D eigenvalue weighted by atomic mass is 16.6. The van der Waals surface area contributed by atoms with Crippen LogP contribution >= 0.6 is 0 Å². The van der Waals surface area contributed by atoms with E-state index < -0.39 is 6.10 Å². The average Bonchev–Trinajstić information content (AvgIpc) is 3.46. The normalized spacial score (nSPS) is 12.4. The van der Waals surface area contributed by atoms with Crippen LogP contribution in [0, 0.1) is 0 Å². The predicted octanol–water partition coefficient (Wildman–Crippen LogP) is 24.3. The second-order valence-electron chi connectivity index (χ2n) is 23.8. The summed E-state index contributed by atoms with van der Waals surface area (Å²) in [5.74, 6) is -0.856. The van der Waals surface area contributed by atoms with Crippen LogP contribution < -0.4 is 0 Å². The van der Waals surface area contributed by atoms with Gasteiger partial charge in [-0.05, 0) is 64.2 Å². The van der Waals surface area contributed by atoms with Gasteiger partial charge in [-0.3, -0.25) is 14.4 Å². The number of allylic oxidation sites excluding steroid dienone is 10. The Morgan fingerprint density at radius 1 is 0.263 bits per heavy atom. The van der Waals surface area contributed by atoms with Crippen molar-refractivity contribution in [3.8, 4) is 0 Å². The molecule has 0 aliphatic rings. The molecular formula is C74H134O6. The van der Waals surface area contributed by atoms with Crippen molar-refractivity contribution in [2.45, 2.75) is 380 Å². The van der Waals surface area contributed by atoms with E-state index in [0.29, 0.717) is 19.3 Å². The summed E-state index contributed by atoms with van der Waals surface area (Å²) >= 11 is 0. The minimum absolute atomic E-state index is 0.0722. The molecule has 0 saturated heterocycles. The van der Waals surface area contributed by atoms with Crippen molar-refractivity contribution in [2.24, 2.45) is 0 Å². The molecule has 0 bridgehead atoms. The third-order valence-electron chi connectivity index (χ3n) is 15.8. The van der Waals surface area contributed by atoms with Gasteiger partial charge in [0.05, 0.1) is 0 Å². The van der Waals surface area contributed by atoms with Crippen molar-refractivity contribution in [3.05, 3.63) is 60.8 Å².